The van der Waals surface area contributed by atoms with Crippen LogP contribution >= 0.6 is 0 Å². The van der Waals surface area contributed by atoms with Crippen LogP contribution in [0.25, 0.3) is 0 Å². The van der Waals surface area contributed by atoms with Crippen LogP contribution in [0.1, 0.15) is 71.6 Å². The number of terminal acetylenes is 1. The number of oxime groups is 1. The van der Waals surface area contributed by atoms with Crippen molar-refractivity contribution >= 4 is 11.7 Å². The Kier molecular flexibility index (Phi) is 4.61. The van der Waals surface area contributed by atoms with Gasteiger partial charge >= 0.3 is 5.97 Å². The minimum Gasteiger partial charge on any atom is -0.445 e. The van der Waals surface area contributed by atoms with Crippen LogP contribution in [0.2, 0.25) is 0 Å². The predicted molar refractivity (Wildman–Crippen MR) is 104 cm³/mol. The van der Waals surface area contributed by atoms with E-state index in [1.807, 2.05) is 0 Å². The van der Waals surface area contributed by atoms with E-state index in [9.17, 15) is 4.79 Å². The summed E-state index contributed by atoms with van der Waals surface area (Å²) in [6.07, 6.45) is 17.5. The number of fused-ring (bicyclic) bond motifs is 5. The zero-order valence-corrected chi connectivity index (χ0v) is 16.5. The molecule has 0 aromatic rings. The van der Waals surface area contributed by atoms with Gasteiger partial charge in [-0.05, 0) is 87.5 Å². The van der Waals surface area contributed by atoms with E-state index in [0.717, 1.165) is 57.1 Å². The third kappa shape index (κ3) is 2.57. The van der Waals surface area contributed by atoms with Crippen molar-refractivity contribution in [3.63, 3.8) is 0 Å². The lowest BCUT2D eigenvalue weighted by Crippen LogP contribution is -2.55. The van der Waals surface area contributed by atoms with Gasteiger partial charge in [-0.3, -0.25) is 4.79 Å². The van der Waals surface area contributed by atoms with E-state index < -0.39 is 5.60 Å². The highest BCUT2D eigenvalue weighted by Gasteiger charge is 2.65. The monoisotopic (exact) mass is 369 g/mol. The number of allylic oxidation sites excluding steroid dienone is 2. The fourth-order valence-corrected chi connectivity index (χ4v) is 7.45. The third-order valence-electron chi connectivity index (χ3n) is 8.45. The molecule has 0 radical (unpaired) electrons. The minimum atomic E-state index is -0.720. The van der Waals surface area contributed by atoms with Crippen molar-refractivity contribution in [1.82, 2.24) is 0 Å². The summed E-state index contributed by atoms with van der Waals surface area (Å²) in [6.45, 7) is 3.72. The fraction of sp³-hybridized carbons (Fsp3) is 0.739. The molecule has 1 N–H and O–H groups in total. The predicted octanol–water partition coefficient (Wildman–Crippen LogP) is 4.71. The molecule has 0 aliphatic heterocycles. The van der Waals surface area contributed by atoms with Gasteiger partial charge in [0.05, 0.1) is 5.71 Å². The average Bonchev–Trinajstić information content (AvgIpc) is 3.01. The molecule has 4 aliphatic carbocycles. The van der Waals surface area contributed by atoms with Crippen LogP contribution < -0.4 is 0 Å². The Labute approximate surface area is 162 Å². The van der Waals surface area contributed by atoms with E-state index in [-0.39, 0.29) is 11.4 Å². The molecule has 0 spiro atoms. The maximum absolute atomic E-state index is 11.9. The van der Waals surface area contributed by atoms with Crippen molar-refractivity contribution in [3.8, 4) is 12.3 Å². The number of carbonyl (C=O) groups is 1. The zero-order valence-electron chi connectivity index (χ0n) is 16.5. The Morgan fingerprint density at radius 2 is 2.11 bits per heavy atom. The van der Waals surface area contributed by atoms with Gasteiger partial charge in [0.15, 0.2) is 5.60 Å². The molecular formula is C23H31NO3. The van der Waals surface area contributed by atoms with Crippen LogP contribution in [0.5, 0.6) is 0 Å². The second kappa shape index (κ2) is 6.69. The number of hydrogen-bond acceptors (Lipinski definition) is 4. The lowest BCUT2D eigenvalue weighted by Gasteiger charge is -2.56. The second-order valence-corrected chi connectivity index (χ2v) is 9.08. The number of ether oxygens (including phenoxy) is 1. The molecule has 3 fully saturated rings. The van der Waals surface area contributed by atoms with E-state index >= 15 is 0 Å². The highest BCUT2D eigenvalue weighted by molar-refractivity contribution is 5.96. The van der Waals surface area contributed by atoms with E-state index in [1.54, 1.807) is 0 Å². The largest absolute Gasteiger partial charge is 0.445 e. The van der Waals surface area contributed by atoms with Crippen LogP contribution in [0.4, 0.5) is 0 Å². The van der Waals surface area contributed by atoms with Crippen LogP contribution in [-0.2, 0) is 9.53 Å². The number of rotatable bonds is 2. The molecule has 4 nitrogen and oxygen atoms in total. The van der Waals surface area contributed by atoms with Gasteiger partial charge in [0.2, 0.25) is 0 Å². The summed E-state index contributed by atoms with van der Waals surface area (Å²) in [6, 6.07) is 0. The first kappa shape index (κ1) is 18.6. The van der Waals surface area contributed by atoms with E-state index in [4.69, 9.17) is 16.4 Å². The summed E-state index contributed by atoms with van der Waals surface area (Å²) in [5, 5.41) is 12.6. The molecule has 0 aromatic heterocycles. The Balaban J connectivity index is 1.66. The zero-order chi connectivity index (χ0) is 19.2. The molecular weight excluding hydrogens is 338 g/mol. The van der Waals surface area contributed by atoms with Crippen molar-refractivity contribution in [2.75, 3.05) is 0 Å². The Bertz CT molecular complexity index is 732. The van der Waals surface area contributed by atoms with Gasteiger partial charge in [0, 0.05) is 12.3 Å². The first-order valence-electron chi connectivity index (χ1n) is 10.6. The van der Waals surface area contributed by atoms with Crippen molar-refractivity contribution < 1.29 is 14.7 Å². The first-order valence-corrected chi connectivity index (χ1v) is 10.6. The van der Waals surface area contributed by atoms with E-state index in [1.165, 1.54) is 18.9 Å². The molecule has 6 atom stereocenters. The molecule has 0 unspecified atom stereocenters. The topological polar surface area (TPSA) is 58.9 Å². The van der Waals surface area contributed by atoms with E-state index in [2.05, 4.69) is 24.1 Å². The third-order valence-corrected chi connectivity index (χ3v) is 8.45. The Hall–Kier alpha value is -1.76. The number of hydrogen-bond donors (Lipinski definition) is 1. The Morgan fingerprint density at radius 3 is 2.78 bits per heavy atom. The van der Waals surface area contributed by atoms with Crippen LogP contribution in [-0.4, -0.2) is 22.5 Å². The average molecular weight is 370 g/mol. The van der Waals surface area contributed by atoms with Crippen molar-refractivity contribution in [2.45, 2.75) is 77.2 Å². The standard InChI is InChI=1S/C23H31NO3/c1-4-22-12-10-19-18-9-7-17(24-26)14-16(18)6-8-20(19)21(22)11-13-23(22,5-2)27-15(3)25/h2,14,18-21,26H,4,6-13H2,1,3H3/t18-,19+,20+,21-,22-,23+/m0/s1. The Morgan fingerprint density at radius 1 is 1.30 bits per heavy atom. The SMILES string of the molecule is C#C[C@@]1(OC(C)=O)CC[C@H]2[C@@H]3CCC4=CC(=NO)CC[C@@H]4[C@H]3CC[C@@]21CC. The summed E-state index contributed by atoms with van der Waals surface area (Å²) < 4.78 is 5.90. The van der Waals surface area contributed by atoms with E-state index in [0.29, 0.717) is 23.7 Å². The van der Waals surface area contributed by atoms with Crippen molar-refractivity contribution in [3.05, 3.63) is 11.6 Å². The molecule has 4 rings (SSSR count). The van der Waals surface area contributed by atoms with Crippen molar-refractivity contribution in [2.24, 2.45) is 34.2 Å². The number of esters is 1. The quantitative estimate of drug-likeness (QED) is 0.332. The van der Waals surface area contributed by atoms with Crippen molar-refractivity contribution in [1.29, 1.82) is 0 Å². The maximum Gasteiger partial charge on any atom is 0.304 e. The van der Waals surface area contributed by atoms with Gasteiger partial charge < -0.3 is 9.94 Å². The van der Waals surface area contributed by atoms with Gasteiger partial charge in [0.25, 0.3) is 0 Å². The van der Waals surface area contributed by atoms with Crippen LogP contribution in [0, 0.1) is 41.4 Å². The fourth-order valence-electron chi connectivity index (χ4n) is 7.45. The summed E-state index contributed by atoms with van der Waals surface area (Å²) in [5.41, 5.74) is 1.53. The van der Waals surface area contributed by atoms with Gasteiger partial charge in [-0.15, -0.1) is 6.42 Å². The molecule has 0 amide bonds. The van der Waals surface area contributed by atoms with Crippen LogP contribution in [0.3, 0.4) is 0 Å². The molecule has 4 aliphatic rings. The molecule has 4 heteroatoms. The van der Waals surface area contributed by atoms with Gasteiger partial charge in [-0.1, -0.05) is 23.6 Å². The number of nitrogens with zero attached hydrogens (tertiary/aromatic N) is 1. The summed E-state index contributed by atoms with van der Waals surface area (Å²) in [4.78, 5) is 11.9. The van der Waals surface area contributed by atoms with Gasteiger partial charge in [0.1, 0.15) is 0 Å². The lowest BCUT2D eigenvalue weighted by molar-refractivity contribution is -0.170. The summed E-state index contributed by atoms with van der Waals surface area (Å²) in [5.74, 6) is 5.25. The molecule has 0 bridgehead atoms. The minimum absolute atomic E-state index is 0.0673. The van der Waals surface area contributed by atoms with Gasteiger partial charge in [-0.25, -0.2) is 0 Å². The highest BCUT2D eigenvalue weighted by Crippen LogP contribution is 2.67. The van der Waals surface area contributed by atoms with Gasteiger partial charge in [-0.2, -0.15) is 0 Å². The second-order valence-electron chi connectivity index (χ2n) is 9.08. The lowest BCUT2D eigenvalue weighted by atomic mass is 9.49. The smallest absolute Gasteiger partial charge is 0.304 e. The summed E-state index contributed by atoms with van der Waals surface area (Å²) >= 11 is 0. The summed E-state index contributed by atoms with van der Waals surface area (Å²) in [7, 11) is 0. The maximum atomic E-state index is 11.9. The number of carbonyl (C=O) groups excluding carboxylic acids is 1. The normalized spacial score (nSPS) is 44.5. The molecule has 27 heavy (non-hydrogen) atoms. The highest BCUT2D eigenvalue weighted by atomic mass is 16.6. The first-order chi connectivity index (χ1) is 13.0. The molecule has 3 saturated carbocycles. The molecule has 0 aromatic carbocycles. The molecule has 0 saturated heterocycles. The molecule has 146 valence electrons. The molecule has 0 heterocycles. The van der Waals surface area contributed by atoms with Crippen LogP contribution in [0.15, 0.2) is 16.8 Å².